The number of ether oxygens (including phenoxy) is 3. The Labute approximate surface area is 145 Å². The number of allylic oxidation sites excluding steroid dienone is 2. The predicted molar refractivity (Wildman–Crippen MR) is 87.7 cm³/mol. The van der Waals surface area contributed by atoms with Crippen molar-refractivity contribution in [3.63, 3.8) is 0 Å². The summed E-state index contributed by atoms with van der Waals surface area (Å²) < 4.78 is 15.4. The topological polar surface area (TPSA) is 112 Å². The van der Waals surface area contributed by atoms with Gasteiger partial charge in [0.25, 0.3) is 0 Å². The van der Waals surface area contributed by atoms with Gasteiger partial charge in [0.1, 0.15) is 23.2 Å². The van der Waals surface area contributed by atoms with Gasteiger partial charge in [0.2, 0.25) is 5.88 Å². The number of nitrogens with zero attached hydrogens (tertiary/aromatic N) is 1. The maximum absolute atomic E-state index is 12.4. The molecule has 1 aromatic rings. The minimum Gasteiger partial charge on any atom is -0.463 e. The first-order chi connectivity index (χ1) is 11.9. The van der Waals surface area contributed by atoms with Gasteiger partial charge in [0.15, 0.2) is 0 Å². The number of benzene rings is 1. The van der Waals surface area contributed by atoms with E-state index >= 15 is 0 Å². The molecule has 2 rings (SSSR count). The largest absolute Gasteiger partial charge is 0.463 e. The molecular formula is C18H18N2O5. The molecule has 1 aliphatic heterocycles. The molecule has 2 N–H and O–H groups in total. The van der Waals surface area contributed by atoms with Crippen LogP contribution < -0.4 is 10.5 Å². The van der Waals surface area contributed by atoms with Gasteiger partial charge in [-0.3, -0.25) is 4.79 Å². The second kappa shape index (κ2) is 7.53. The minimum absolute atomic E-state index is 0.0536. The summed E-state index contributed by atoms with van der Waals surface area (Å²) >= 11 is 0. The van der Waals surface area contributed by atoms with Crippen LogP contribution in [-0.2, 0) is 19.1 Å². The van der Waals surface area contributed by atoms with Crippen LogP contribution in [-0.4, -0.2) is 18.5 Å². The highest BCUT2D eigenvalue weighted by atomic mass is 16.5. The van der Waals surface area contributed by atoms with E-state index in [0.717, 1.165) is 0 Å². The SMILES string of the molecule is CCOC(=O)C1=C(C)OC(N)=C(C#N)C1c1ccc(OC(C)=O)cc1. The lowest BCUT2D eigenvalue weighted by atomic mass is 9.83. The van der Waals surface area contributed by atoms with Crippen LogP contribution in [0.25, 0.3) is 0 Å². The van der Waals surface area contributed by atoms with Crippen molar-refractivity contribution in [1.82, 2.24) is 0 Å². The number of hydrogen-bond acceptors (Lipinski definition) is 7. The fourth-order valence-electron chi connectivity index (χ4n) is 2.58. The van der Waals surface area contributed by atoms with Crippen molar-refractivity contribution in [2.75, 3.05) is 6.61 Å². The van der Waals surface area contributed by atoms with Crippen molar-refractivity contribution in [1.29, 1.82) is 5.26 Å². The maximum Gasteiger partial charge on any atom is 0.338 e. The zero-order chi connectivity index (χ0) is 18.6. The Morgan fingerprint density at radius 2 is 1.96 bits per heavy atom. The van der Waals surface area contributed by atoms with E-state index in [0.29, 0.717) is 11.3 Å². The molecule has 1 aliphatic rings. The highest BCUT2D eigenvalue weighted by molar-refractivity contribution is 5.92. The summed E-state index contributed by atoms with van der Waals surface area (Å²) in [4.78, 5) is 23.4. The van der Waals surface area contributed by atoms with Gasteiger partial charge in [-0.1, -0.05) is 12.1 Å². The average Bonchev–Trinajstić information content (AvgIpc) is 2.54. The van der Waals surface area contributed by atoms with Crippen LogP contribution in [0.1, 0.15) is 32.3 Å². The van der Waals surface area contributed by atoms with Crippen LogP contribution in [0.5, 0.6) is 5.75 Å². The highest BCUT2D eigenvalue weighted by Crippen LogP contribution is 2.39. The monoisotopic (exact) mass is 342 g/mol. The first-order valence-corrected chi connectivity index (χ1v) is 7.62. The Bertz CT molecular complexity index is 800. The molecule has 7 nitrogen and oxygen atoms in total. The number of nitriles is 1. The summed E-state index contributed by atoms with van der Waals surface area (Å²) in [6.45, 7) is 4.77. The Kier molecular flexibility index (Phi) is 5.45. The van der Waals surface area contributed by atoms with Crippen LogP contribution in [0, 0.1) is 11.3 Å². The molecule has 1 heterocycles. The molecule has 0 aliphatic carbocycles. The number of hydrogen-bond donors (Lipinski definition) is 1. The Hall–Kier alpha value is -3.27. The summed E-state index contributed by atoms with van der Waals surface area (Å²) in [6, 6.07) is 8.47. The van der Waals surface area contributed by atoms with Gasteiger partial charge in [-0.2, -0.15) is 5.26 Å². The van der Waals surface area contributed by atoms with Crippen LogP contribution in [0.2, 0.25) is 0 Å². The first kappa shape index (κ1) is 18.1. The molecule has 0 bridgehead atoms. The lowest BCUT2D eigenvalue weighted by Crippen LogP contribution is -2.25. The predicted octanol–water partition coefficient (Wildman–Crippen LogP) is 2.26. The van der Waals surface area contributed by atoms with E-state index in [2.05, 4.69) is 0 Å². The van der Waals surface area contributed by atoms with Crippen LogP contribution >= 0.6 is 0 Å². The lowest BCUT2D eigenvalue weighted by molar-refractivity contribution is -0.139. The smallest absolute Gasteiger partial charge is 0.338 e. The maximum atomic E-state index is 12.4. The van der Waals surface area contributed by atoms with Crippen molar-refractivity contribution < 1.29 is 23.8 Å². The standard InChI is InChI=1S/C18H18N2O5/c1-4-23-18(22)15-10(2)24-17(20)14(9-19)16(15)12-5-7-13(8-6-12)25-11(3)21/h5-8,16H,4,20H2,1-3H3. The fraction of sp³-hybridized carbons (Fsp3) is 0.278. The first-order valence-electron chi connectivity index (χ1n) is 7.62. The van der Waals surface area contributed by atoms with E-state index < -0.39 is 17.9 Å². The minimum atomic E-state index is -0.718. The Morgan fingerprint density at radius 3 is 2.48 bits per heavy atom. The summed E-state index contributed by atoms with van der Waals surface area (Å²) in [5.41, 5.74) is 6.78. The third-order valence-electron chi connectivity index (χ3n) is 3.58. The van der Waals surface area contributed by atoms with E-state index in [1.54, 1.807) is 38.1 Å². The molecule has 130 valence electrons. The van der Waals surface area contributed by atoms with Crippen LogP contribution in [0.3, 0.4) is 0 Å². The summed E-state index contributed by atoms with van der Waals surface area (Å²) in [7, 11) is 0. The molecule has 1 unspecified atom stereocenters. The lowest BCUT2D eigenvalue weighted by Gasteiger charge is -2.26. The molecule has 0 spiro atoms. The van der Waals surface area contributed by atoms with Crippen LogP contribution in [0.4, 0.5) is 0 Å². The zero-order valence-electron chi connectivity index (χ0n) is 14.2. The normalized spacial score (nSPS) is 16.8. The van der Waals surface area contributed by atoms with Crippen molar-refractivity contribution in [3.05, 3.63) is 52.6 Å². The van der Waals surface area contributed by atoms with Crippen molar-refractivity contribution >= 4 is 11.9 Å². The molecule has 0 radical (unpaired) electrons. The fourth-order valence-corrected chi connectivity index (χ4v) is 2.58. The average molecular weight is 342 g/mol. The quantitative estimate of drug-likeness (QED) is 0.659. The molecule has 0 fully saturated rings. The zero-order valence-corrected chi connectivity index (χ0v) is 14.2. The molecule has 25 heavy (non-hydrogen) atoms. The number of esters is 2. The number of nitrogens with two attached hydrogens (primary N) is 1. The van der Waals surface area contributed by atoms with Gasteiger partial charge in [0.05, 0.1) is 18.1 Å². The van der Waals surface area contributed by atoms with Crippen LogP contribution in [0.15, 0.2) is 47.1 Å². The molecule has 0 saturated heterocycles. The molecule has 0 amide bonds. The number of carbonyl (C=O) groups is 2. The van der Waals surface area contributed by atoms with Gasteiger partial charge in [-0.05, 0) is 31.5 Å². The van der Waals surface area contributed by atoms with Crippen molar-refractivity contribution in [2.24, 2.45) is 5.73 Å². The Balaban J connectivity index is 2.50. The summed E-state index contributed by atoms with van der Waals surface area (Å²) in [5, 5.41) is 9.47. The molecule has 1 atom stereocenters. The van der Waals surface area contributed by atoms with Gasteiger partial charge >= 0.3 is 11.9 Å². The van der Waals surface area contributed by atoms with Gasteiger partial charge in [-0.15, -0.1) is 0 Å². The molecule has 0 saturated carbocycles. The van der Waals surface area contributed by atoms with Gasteiger partial charge < -0.3 is 19.9 Å². The molecule has 0 aromatic heterocycles. The van der Waals surface area contributed by atoms with E-state index in [1.807, 2.05) is 6.07 Å². The second-order valence-electron chi connectivity index (χ2n) is 5.28. The third-order valence-corrected chi connectivity index (χ3v) is 3.58. The number of rotatable bonds is 4. The summed E-state index contributed by atoms with van der Waals surface area (Å²) in [6.07, 6.45) is 0. The van der Waals surface area contributed by atoms with E-state index in [1.165, 1.54) is 6.92 Å². The summed E-state index contributed by atoms with van der Waals surface area (Å²) in [5.74, 6) is -1.15. The van der Waals surface area contributed by atoms with Gasteiger partial charge in [0, 0.05) is 6.92 Å². The molecule has 7 heteroatoms. The van der Waals surface area contributed by atoms with Crippen molar-refractivity contribution in [2.45, 2.75) is 26.7 Å². The van der Waals surface area contributed by atoms with Crippen molar-refractivity contribution in [3.8, 4) is 11.8 Å². The van der Waals surface area contributed by atoms with E-state index in [9.17, 15) is 14.9 Å². The van der Waals surface area contributed by atoms with Gasteiger partial charge in [-0.25, -0.2) is 4.79 Å². The Morgan fingerprint density at radius 1 is 1.32 bits per heavy atom. The third kappa shape index (κ3) is 3.80. The second-order valence-corrected chi connectivity index (χ2v) is 5.28. The molecule has 1 aromatic carbocycles. The van der Waals surface area contributed by atoms with E-state index in [4.69, 9.17) is 19.9 Å². The molecular weight excluding hydrogens is 324 g/mol. The highest BCUT2D eigenvalue weighted by Gasteiger charge is 2.36. The van der Waals surface area contributed by atoms with E-state index in [-0.39, 0.29) is 29.4 Å². The number of carbonyl (C=O) groups excluding carboxylic acids is 2.